The van der Waals surface area contributed by atoms with Crippen molar-refractivity contribution in [1.82, 2.24) is 5.32 Å². The molecule has 5 heteroatoms. The molecule has 0 spiro atoms. The minimum Gasteiger partial charge on any atom is -0.349 e. The summed E-state index contributed by atoms with van der Waals surface area (Å²) < 4.78 is 25.3. The second kappa shape index (κ2) is 7.52. The van der Waals surface area contributed by atoms with E-state index >= 15 is 0 Å². The zero-order valence-electron chi connectivity index (χ0n) is 17.4. The van der Waals surface area contributed by atoms with Crippen LogP contribution in [0.15, 0.2) is 53.4 Å². The van der Waals surface area contributed by atoms with E-state index in [1.807, 2.05) is 19.1 Å². The molecule has 0 aromatic heterocycles. The maximum absolute atomic E-state index is 12.9. The van der Waals surface area contributed by atoms with E-state index < -0.39 is 9.84 Å². The van der Waals surface area contributed by atoms with E-state index in [1.165, 1.54) is 32.1 Å². The monoisotopic (exact) mass is 423 g/mol. The number of hydrogen-bond acceptors (Lipinski definition) is 3. The van der Waals surface area contributed by atoms with Crippen molar-refractivity contribution < 1.29 is 13.2 Å². The van der Waals surface area contributed by atoms with Crippen LogP contribution < -0.4 is 5.32 Å². The zero-order valence-corrected chi connectivity index (χ0v) is 18.2. The van der Waals surface area contributed by atoms with Crippen LogP contribution >= 0.6 is 0 Å². The molecule has 2 aromatic carbocycles. The van der Waals surface area contributed by atoms with E-state index in [-0.39, 0.29) is 11.7 Å². The van der Waals surface area contributed by atoms with E-state index in [0.717, 1.165) is 17.4 Å². The van der Waals surface area contributed by atoms with Crippen LogP contribution in [0.4, 0.5) is 0 Å². The Balaban J connectivity index is 1.25. The summed E-state index contributed by atoms with van der Waals surface area (Å²) in [5.74, 6) is 2.97. The lowest BCUT2D eigenvalue weighted by Gasteiger charge is -2.54. The fourth-order valence-electron chi connectivity index (χ4n) is 6.20. The Kier molecular flexibility index (Phi) is 4.97. The second-order valence-corrected chi connectivity index (χ2v) is 11.7. The molecule has 0 heterocycles. The molecule has 1 amide bonds. The highest BCUT2D eigenvalue weighted by molar-refractivity contribution is 7.90. The molecular weight excluding hydrogens is 394 g/mol. The van der Waals surface area contributed by atoms with Crippen molar-refractivity contribution in [2.75, 3.05) is 0 Å². The van der Waals surface area contributed by atoms with Gasteiger partial charge in [0.1, 0.15) is 0 Å². The van der Waals surface area contributed by atoms with Gasteiger partial charge in [0.15, 0.2) is 9.84 Å². The van der Waals surface area contributed by atoms with Crippen molar-refractivity contribution in [3.8, 4) is 0 Å². The standard InChI is InChI=1S/C25H29NO3S/c1-16-2-8-23(9-3-16)30(28,29)15-17-4-6-20(7-5-17)25(27)26-24-21-11-18-10-19(13-21)14-22(24)12-18/h2-9,18-19,21-22,24H,10-15H2,1H3,(H,26,27). The first kappa shape index (κ1) is 19.8. The summed E-state index contributed by atoms with van der Waals surface area (Å²) in [6, 6.07) is 14.3. The van der Waals surface area contributed by atoms with Gasteiger partial charge in [-0.05, 0) is 92.5 Å². The Morgan fingerprint density at radius 1 is 0.867 bits per heavy atom. The van der Waals surface area contributed by atoms with Gasteiger partial charge < -0.3 is 5.32 Å². The zero-order chi connectivity index (χ0) is 20.9. The quantitative estimate of drug-likeness (QED) is 0.769. The average Bonchev–Trinajstić information content (AvgIpc) is 2.70. The maximum Gasteiger partial charge on any atom is 0.251 e. The number of carbonyl (C=O) groups is 1. The molecule has 4 nitrogen and oxygen atoms in total. The Labute approximate surface area is 179 Å². The lowest BCUT2D eigenvalue weighted by molar-refractivity contribution is -0.0119. The molecule has 4 aliphatic carbocycles. The van der Waals surface area contributed by atoms with Gasteiger partial charge in [0, 0.05) is 11.6 Å². The van der Waals surface area contributed by atoms with Crippen molar-refractivity contribution in [3.63, 3.8) is 0 Å². The molecule has 4 bridgehead atoms. The minimum absolute atomic E-state index is 0.0274. The van der Waals surface area contributed by atoms with Gasteiger partial charge in [-0.1, -0.05) is 29.8 Å². The number of aryl methyl sites for hydroxylation is 1. The van der Waals surface area contributed by atoms with Gasteiger partial charge in [-0.25, -0.2) is 8.42 Å². The fraction of sp³-hybridized carbons (Fsp3) is 0.480. The van der Waals surface area contributed by atoms with Crippen molar-refractivity contribution in [2.45, 2.75) is 55.7 Å². The lowest BCUT2D eigenvalue weighted by Crippen LogP contribution is -2.55. The first-order chi connectivity index (χ1) is 14.4. The molecule has 4 saturated carbocycles. The van der Waals surface area contributed by atoms with Crippen molar-refractivity contribution >= 4 is 15.7 Å². The SMILES string of the molecule is Cc1ccc(S(=O)(=O)Cc2ccc(C(=O)NC3C4CC5CC(C4)CC3C5)cc2)cc1. The van der Waals surface area contributed by atoms with Crippen LogP contribution in [0.5, 0.6) is 0 Å². The summed E-state index contributed by atoms with van der Waals surface area (Å²) in [5, 5.41) is 3.32. The lowest BCUT2D eigenvalue weighted by atomic mass is 9.54. The van der Waals surface area contributed by atoms with Crippen LogP contribution in [-0.2, 0) is 15.6 Å². The van der Waals surface area contributed by atoms with E-state index in [4.69, 9.17) is 0 Å². The third-order valence-electron chi connectivity index (χ3n) is 7.48. The van der Waals surface area contributed by atoms with Gasteiger partial charge in [0.25, 0.3) is 5.91 Å². The maximum atomic E-state index is 12.9. The minimum atomic E-state index is -3.40. The molecule has 6 rings (SSSR count). The molecule has 2 aromatic rings. The third kappa shape index (κ3) is 3.80. The molecular formula is C25H29NO3S. The molecule has 0 atom stereocenters. The molecule has 1 N–H and O–H groups in total. The second-order valence-electron chi connectivity index (χ2n) is 9.70. The highest BCUT2D eigenvalue weighted by atomic mass is 32.2. The molecule has 0 radical (unpaired) electrons. The number of sulfone groups is 1. The Morgan fingerprint density at radius 2 is 1.43 bits per heavy atom. The summed E-state index contributed by atoms with van der Waals surface area (Å²) in [7, 11) is -3.40. The van der Waals surface area contributed by atoms with Gasteiger partial charge in [0.05, 0.1) is 10.6 Å². The summed E-state index contributed by atoms with van der Waals surface area (Å²) in [5.41, 5.74) is 2.34. The van der Waals surface area contributed by atoms with Crippen LogP contribution in [0.2, 0.25) is 0 Å². The summed E-state index contributed by atoms with van der Waals surface area (Å²) in [6.45, 7) is 1.93. The Bertz CT molecular complexity index is 1010. The van der Waals surface area contributed by atoms with Crippen LogP contribution in [0.25, 0.3) is 0 Å². The molecule has 0 aliphatic heterocycles. The molecule has 4 fully saturated rings. The summed E-state index contributed by atoms with van der Waals surface area (Å²) >= 11 is 0. The topological polar surface area (TPSA) is 63.2 Å². The van der Waals surface area contributed by atoms with E-state index in [9.17, 15) is 13.2 Å². The predicted molar refractivity (Wildman–Crippen MR) is 117 cm³/mol. The molecule has 30 heavy (non-hydrogen) atoms. The summed E-state index contributed by atoms with van der Waals surface area (Å²) in [6.07, 6.45) is 6.49. The van der Waals surface area contributed by atoms with Gasteiger partial charge in [-0.15, -0.1) is 0 Å². The number of amides is 1. The van der Waals surface area contributed by atoms with E-state index in [2.05, 4.69) is 5.32 Å². The number of hydrogen-bond donors (Lipinski definition) is 1. The predicted octanol–water partition coefficient (Wildman–Crippen LogP) is 4.52. The number of nitrogens with one attached hydrogen (secondary N) is 1. The van der Waals surface area contributed by atoms with Crippen LogP contribution in [0, 0.1) is 30.6 Å². The number of carbonyl (C=O) groups excluding carboxylic acids is 1. The van der Waals surface area contributed by atoms with E-state index in [0.29, 0.717) is 33.9 Å². The smallest absolute Gasteiger partial charge is 0.251 e. The van der Waals surface area contributed by atoms with Gasteiger partial charge in [-0.3, -0.25) is 4.79 Å². The van der Waals surface area contributed by atoms with Crippen molar-refractivity contribution in [1.29, 1.82) is 0 Å². The average molecular weight is 424 g/mol. The Hall–Kier alpha value is -2.14. The Morgan fingerprint density at radius 3 is 2.00 bits per heavy atom. The molecule has 0 unspecified atom stereocenters. The van der Waals surface area contributed by atoms with E-state index in [1.54, 1.807) is 36.4 Å². The first-order valence-corrected chi connectivity index (χ1v) is 12.7. The van der Waals surface area contributed by atoms with Crippen LogP contribution in [0.1, 0.15) is 53.6 Å². The van der Waals surface area contributed by atoms with Crippen LogP contribution in [0.3, 0.4) is 0 Å². The third-order valence-corrected chi connectivity index (χ3v) is 9.18. The van der Waals surface area contributed by atoms with Crippen LogP contribution in [-0.4, -0.2) is 20.4 Å². The van der Waals surface area contributed by atoms with Gasteiger partial charge >= 0.3 is 0 Å². The summed E-state index contributed by atoms with van der Waals surface area (Å²) in [4.78, 5) is 13.2. The van der Waals surface area contributed by atoms with Gasteiger partial charge in [0.2, 0.25) is 0 Å². The normalized spacial score (nSPS) is 29.7. The molecule has 0 saturated heterocycles. The highest BCUT2D eigenvalue weighted by Crippen LogP contribution is 2.53. The van der Waals surface area contributed by atoms with Crippen molar-refractivity contribution in [3.05, 3.63) is 65.2 Å². The highest BCUT2D eigenvalue weighted by Gasteiger charge is 2.48. The number of rotatable bonds is 5. The largest absolute Gasteiger partial charge is 0.349 e. The van der Waals surface area contributed by atoms with Gasteiger partial charge in [-0.2, -0.15) is 0 Å². The molecule has 4 aliphatic rings. The number of benzene rings is 2. The first-order valence-electron chi connectivity index (χ1n) is 11.1. The molecule has 158 valence electrons. The van der Waals surface area contributed by atoms with Crippen molar-refractivity contribution in [2.24, 2.45) is 23.7 Å². The fourth-order valence-corrected chi connectivity index (χ4v) is 7.54.